The molecule has 0 N–H and O–H groups in total. The standard InChI is InChI=1S/C9H9F3/c1-3-5-6-7-8(4-2)9(10,11)12/h3-7H,1-2H2/b6-5-,8-7+. The molecule has 0 amide bonds. The summed E-state index contributed by atoms with van der Waals surface area (Å²) in [6, 6.07) is 0. The van der Waals surface area contributed by atoms with Crippen LogP contribution in [0.15, 0.2) is 49.1 Å². The average molecular weight is 174 g/mol. The maximum absolute atomic E-state index is 11.9. The molecule has 0 rings (SSSR count). The molecule has 0 aromatic carbocycles. The number of allylic oxidation sites excluding steroid dienone is 6. The van der Waals surface area contributed by atoms with Crippen LogP contribution in [-0.2, 0) is 0 Å². The first-order valence-electron chi connectivity index (χ1n) is 3.21. The fourth-order valence-corrected chi connectivity index (χ4v) is 0.516. The van der Waals surface area contributed by atoms with Gasteiger partial charge in [0.05, 0.1) is 5.57 Å². The van der Waals surface area contributed by atoms with Crippen molar-refractivity contribution < 1.29 is 13.2 Å². The molecule has 0 aliphatic rings. The van der Waals surface area contributed by atoms with Gasteiger partial charge in [-0.2, -0.15) is 13.2 Å². The summed E-state index contributed by atoms with van der Waals surface area (Å²) in [4.78, 5) is 0. The minimum Gasteiger partial charge on any atom is -0.166 e. The van der Waals surface area contributed by atoms with Gasteiger partial charge in [-0.1, -0.05) is 43.5 Å². The smallest absolute Gasteiger partial charge is 0.166 e. The summed E-state index contributed by atoms with van der Waals surface area (Å²) < 4.78 is 35.8. The molecule has 66 valence electrons. The lowest BCUT2D eigenvalue weighted by Crippen LogP contribution is -2.09. The van der Waals surface area contributed by atoms with Gasteiger partial charge >= 0.3 is 6.18 Å². The van der Waals surface area contributed by atoms with Gasteiger partial charge in [0.15, 0.2) is 0 Å². The molecule has 0 unspecified atom stereocenters. The van der Waals surface area contributed by atoms with Gasteiger partial charge in [0.2, 0.25) is 0 Å². The van der Waals surface area contributed by atoms with Crippen LogP contribution in [0.3, 0.4) is 0 Å². The van der Waals surface area contributed by atoms with Crippen LogP contribution in [-0.4, -0.2) is 6.18 Å². The van der Waals surface area contributed by atoms with Gasteiger partial charge in [0.25, 0.3) is 0 Å². The first kappa shape index (κ1) is 10.8. The molecule has 0 radical (unpaired) electrons. The second-order valence-corrected chi connectivity index (χ2v) is 1.94. The third-order valence-electron chi connectivity index (χ3n) is 1.07. The number of hydrogen-bond donors (Lipinski definition) is 0. The molecule has 0 saturated heterocycles. The molecule has 3 heteroatoms. The quantitative estimate of drug-likeness (QED) is 0.575. The van der Waals surface area contributed by atoms with Crippen LogP contribution in [0.5, 0.6) is 0 Å². The summed E-state index contributed by atoms with van der Waals surface area (Å²) in [5, 5.41) is 0. The van der Waals surface area contributed by atoms with E-state index in [4.69, 9.17) is 0 Å². The Morgan fingerprint density at radius 2 is 1.67 bits per heavy atom. The largest absolute Gasteiger partial charge is 0.416 e. The Bertz CT molecular complexity index is 218. The predicted octanol–water partition coefficient (Wildman–Crippen LogP) is 3.40. The van der Waals surface area contributed by atoms with Crippen molar-refractivity contribution in [1.29, 1.82) is 0 Å². The lowest BCUT2D eigenvalue weighted by molar-refractivity contribution is -0.0881. The summed E-state index contributed by atoms with van der Waals surface area (Å²) in [6.45, 7) is 6.38. The van der Waals surface area contributed by atoms with Crippen molar-refractivity contribution in [3.63, 3.8) is 0 Å². The highest BCUT2D eigenvalue weighted by molar-refractivity contribution is 5.27. The SMILES string of the molecule is C=C/C=C\C=C(/C=C)C(F)(F)F. The highest BCUT2D eigenvalue weighted by Gasteiger charge is 2.30. The minimum atomic E-state index is -4.33. The van der Waals surface area contributed by atoms with Crippen molar-refractivity contribution in [1.82, 2.24) is 0 Å². The molecule has 0 nitrogen and oxygen atoms in total. The number of halogens is 3. The van der Waals surface area contributed by atoms with Gasteiger partial charge < -0.3 is 0 Å². The Hall–Kier alpha value is -1.25. The molecule has 0 saturated carbocycles. The average Bonchev–Trinajstić information content (AvgIpc) is 1.95. The highest BCUT2D eigenvalue weighted by atomic mass is 19.4. The molecule has 0 aliphatic carbocycles. The van der Waals surface area contributed by atoms with E-state index in [0.29, 0.717) is 0 Å². The lowest BCUT2D eigenvalue weighted by atomic mass is 10.2. The van der Waals surface area contributed by atoms with Crippen molar-refractivity contribution in [2.75, 3.05) is 0 Å². The van der Waals surface area contributed by atoms with Gasteiger partial charge in [-0.15, -0.1) is 0 Å². The van der Waals surface area contributed by atoms with Gasteiger partial charge in [-0.3, -0.25) is 0 Å². The molecular weight excluding hydrogens is 165 g/mol. The minimum absolute atomic E-state index is 0.763. The number of alkyl halides is 3. The van der Waals surface area contributed by atoms with Crippen LogP contribution in [0.25, 0.3) is 0 Å². The molecule has 0 aromatic rings. The van der Waals surface area contributed by atoms with E-state index >= 15 is 0 Å². The van der Waals surface area contributed by atoms with Gasteiger partial charge in [-0.25, -0.2) is 0 Å². The van der Waals surface area contributed by atoms with Crippen molar-refractivity contribution in [3.05, 3.63) is 49.1 Å². The summed E-state index contributed by atoms with van der Waals surface area (Å²) in [5.41, 5.74) is -0.763. The molecule has 0 atom stereocenters. The summed E-state index contributed by atoms with van der Waals surface area (Å²) >= 11 is 0. The van der Waals surface area contributed by atoms with Crippen LogP contribution >= 0.6 is 0 Å². The van der Waals surface area contributed by atoms with Crippen LogP contribution in [0, 0.1) is 0 Å². The molecule has 0 fully saturated rings. The first-order valence-corrected chi connectivity index (χ1v) is 3.21. The molecule has 0 spiro atoms. The maximum Gasteiger partial charge on any atom is 0.416 e. The number of rotatable bonds is 3. The number of hydrogen-bond acceptors (Lipinski definition) is 0. The van der Waals surface area contributed by atoms with Crippen LogP contribution in [0.4, 0.5) is 13.2 Å². The summed E-state index contributed by atoms with van der Waals surface area (Å²) in [6.07, 6.45) is 1.45. The van der Waals surface area contributed by atoms with E-state index in [2.05, 4.69) is 13.2 Å². The fourth-order valence-electron chi connectivity index (χ4n) is 0.516. The predicted molar refractivity (Wildman–Crippen MR) is 43.7 cm³/mol. The third-order valence-corrected chi connectivity index (χ3v) is 1.07. The zero-order chi connectivity index (χ0) is 9.61. The fraction of sp³-hybridized carbons (Fsp3) is 0.111. The Kier molecular flexibility index (Phi) is 4.11. The lowest BCUT2D eigenvalue weighted by Gasteiger charge is -2.04. The molecule has 0 aromatic heterocycles. The van der Waals surface area contributed by atoms with Gasteiger partial charge in [-0.05, 0) is 0 Å². The van der Waals surface area contributed by atoms with Crippen LogP contribution in [0.2, 0.25) is 0 Å². The topological polar surface area (TPSA) is 0 Å². The second-order valence-electron chi connectivity index (χ2n) is 1.94. The Labute approximate surface area is 69.4 Å². The molecule has 0 heterocycles. The van der Waals surface area contributed by atoms with E-state index < -0.39 is 11.7 Å². The normalized spacial score (nSPS) is 13.4. The van der Waals surface area contributed by atoms with E-state index in [-0.39, 0.29) is 0 Å². The summed E-state index contributed by atoms with van der Waals surface area (Å²) in [5.74, 6) is 0. The maximum atomic E-state index is 11.9. The monoisotopic (exact) mass is 174 g/mol. The van der Waals surface area contributed by atoms with Crippen molar-refractivity contribution in [2.24, 2.45) is 0 Å². The van der Waals surface area contributed by atoms with Crippen LogP contribution < -0.4 is 0 Å². The molecular formula is C9H9F3. The Morgan fingerprint density at radius 1 is 1.08 bits per heavy atom. The zero-order valence-corrected chi connectivity index (χ0v) is 6.43. The van der Waals surface area contributed by atoms with Gasteiger partial charge in [0, 0.05) is 0 Å². The van der Waals surface area contributed by atoms with Crippen LogP contribution in [0.1, 0.15) is 0 Å². The molecule has 12 heavy (non-hydrogen) atoms. The molecule has 0 bridgehead atoms. The zero-order valence-electron chi connectivity index (χ0n) is 6.43. The van der Waals surface area contributed by atoms with E-state index in [1.807, 2.05) is 0 Å². The molecule has 0 aliphatic heterocycles. The van der Waals surface area contributed by atoms with E-state index in [0.717, 1.165) is 12.2 Å². The summed E-state index contributed by atoms with van der Waals surface area (Å²) in [7, 11) is 0. The Balaban J connectivity index is 4.55. The van der Waals surface area contributed by atoms with E-state index in [1.54, 1.807) is 0 Å². The van der Waals surface area contributed by atoms with Crippen molar-refractivity contribution >= 4 is 0 Å². The first-order chi connectivity index (χ1) is 5.52. The van der Waals surface area contributed by atoms with E-state index in [1.165, 1.54) is 18.2 Å². The van der Waals surface area contributed by atoms with E-state index in [9.17, 15) is 13.2 Å². The third kappa shape index (κ3) is 3.81. The van der Waals surface area contributed by atoms with Crippen molar-refractivity contribution in [2.45, 2.75) is 6.18 Å². The highest BCUT2D eigenvalue weighted by Crippen LogP contribution is 2.25. The van der Waals surface area contributed by atoms with Gasteiger partial charge in [0.1, 0.15) is 0 Å². The second kappa shape index (κ2) is 4.59. The Morgan fingerprint density at radius 3 is 2.00 bits per heavy atom. The van der Waals surface area contributed by atoms with Crippen molar-refractivity contribution in [3.8, 4) is 0 Å².